The molecule has 54 heavy (non-hydrogen) atoms. The molecule has 0 amide bonds. The Morgan fingerprint density at radius 3 is 1.13 bits per heavy atom. The molecule has 5 heteroatoms. The topological polar surface area (TPSA) is 61.8 Å². The molecule has 0 aromatic rings. The molecule has 0 aromatic carbocycles. The third-order valence-corrected chi connectivity index (χ3v) is 10.8. The summed E-state index contributed by atoms with van der Waals surface area (Å²) in [5.41, 5.74) is 0. The Labute approximate surface area is 337 Å². The van der Waals surface area contributed by atoms with E-state index in [-0.39, 0.29) is 18.5 Å². The number of carbonyl (C=O) groups excluding carboxylic acids is 2. The Morgan fingerprint density at radius 2 is 0.722 bits per heavy atom. The Hall–Kier alpha value is -1.36. The summed E-state index contributed by atoms with van der Waals surface area (Å²) in [4.78, 5) is 25.2. The second-order valence-corrected chi connectivity index (χ2v) is 16.4. The van der Waals surface area contributed by atoms with Gasteiger partial charge in [-0.1, -0.05) is 219 Å². The van der Waals surface area contributed by atoms with Crippen molar-refractivity contribution < 1.29 is 23.8 Å². The van der Waals surface area contributed by atoms with Gasteiger partial charge >= 0.3 is 11.9 Å². The fourth-order valence-electron chi connectivity index (χ4n) is 7.15. The normalized spacial score (nSPS) is 12.1. The molecule has 0 saturated carbocycles. The van der Waals surface area contributed by atoms with E-state index < -0.39 is 6.10 Å². The number of hydrogen-bond acceptors (Lipinski definition) is 5. The van der Waals surface area contributed by atoms with Crippen LogP contribution in [-0.4, -0.2) is 37.9 Å². The van der Waals surface area contributed by atoms with Crippen molar-refractivity contribution in [1.82, 2.24) is 0 Å². The monoisotopic (exact) mass is 763 g/mol. The molecular formula is C49H94O5. The highest BCUT2D eigenvalue weighted by atomic mass is 16.6. The zero-order valence-electron chi connectivity index (χ0n) is 36.8. The summed E-state index contributed by atoms with van der Waals surface area (Å²) >= 11 is 0. The standard InChI is InChI=1S/C49H94O5/c1-4-7-10-13-16-18-20-22-23-24-25-26-27-29-30-32-34-36-39-42-48(50)53-46-47(45-52-44-41-38-15-12-9-6-3)54-49(51)43-40-37-35-33-31-28-21-19-17-14-11-8-5-2/h22-23,47H,4-21,24-46H2,1-3H3/b23-22-. The van der Waals surface area contributed by atoms with Gasteiger partial charge in [0, 0.05) is 19.4 Å². The van der Waals surface area contributed by atoms with Crippen molar-refractivity contribution in [2.24, 2.45) is 0 Å². The van der Waals surface area contributed by atoms with Crippen LogP contribution >= 0.6 is 0 Å². The number of unbranched alkanes of at least 4 members (excludes halogenated alkanes) is 32. The van der Waals surface area contributed by atoms with E-state index in [1.807, 2.05) is 0 Å². The van der Waals surface area contributed by atoms with Gasteiger partial charge in [0.15, 0.2) is 6.10 Å². The number of ether oxygens (including phenoxy) is 3. The van der Waals surface area contributed by atoms with E-state index in [2.05, 4.69) is 32.9 Å². The van der Waals surface area contributed by atoms with Crippen molar-refractivity contribution in [2.75, 3.05) is 19.8 Å². The van der Waals surface area contributed by atoms with Crippen LogP contribution in [0.15, 0.2) is 12.2 Å². The number of carbonyl (C=O) groups is 2. The van der Waals surface area contributed by atoms with E-state index in [0.29, 0.717) is 26.1 Å². The Balaban J connectivity index is 4.02. The lowest BCUT2D eigenvalue weighted by molar-refractivity contribution is -0.163. The Morgan fingerprint density at radius 1 is 0.389 bits per heavy atom. The molecule has 0 aliphatic carbocycles. The zero-order chi connectivity index (χ0) is 39.3. The smallest absolute Gasteiger partial charge is 0.306 e. The Bertz CT molecular complexity index is 780. The van der Waals surface area contributed by atoms with Gasteiger partial charge in [-0.2, -0.15) is 0 Å². The molecule has 0 aliphatic heterocycles. The predicted molar refractivity (Wildman–Crippen MR) is 233 cm³/mol. The fraction of sp³-hybridized carbons (Fsp3) is 0.918. The first kappa shape index (κ1) is 52.6. The van der Waals surface area contributed by atoms with Crippen molar-refractivity contribution in [3.05, 3.63) is 12.2 Å². The summed E-state index contributed by atoms with van der Waals surface area (Å²) < 4.78 is 17.2. The van der Waals surface area contributed by atoms with E-state index in [0.717, 1.165) is 38.5 Å². The molecule has 5 nitrogen and oxygen atoms in total. The number of esters is 2. The quantitative estimate of drug-likeness (QED) is 0.0351. The van der Waals surface area contributed by atoms with Crippen LogP contribution < -0.4 is 0 Å². The van der Waals surface area contributed by atoms with E-state index in [9.17, 15) is 9.59 Å². The van der Waals surface area contributed by atoms with Gasteiger partial charge in [0.2, 0.25) is 0 Å². The van der Waals surface area contributed by atoms with Crippen LogP contribution in [-0.2, 0) is 23.8 Å². The van der Waals surface area contributed by atoms with Crippen LogP contribution in [0, 0.1) is 0 Å². The van der Waals surface area contributed by atoms with Gasteiger partial charge in [0.25, 0.3) is 0 Å². The summed E-state index contributed by atoms with van der Waals surface area (Å²) in [5, 5.41) is 0. The average Bonchev–Trinajstić information content (AvgIpc) is 3.17. The molecule has 1 unspecified atom stereocenters. The second-order valence-electron chi connectivity index (χ2n) is 16.4. The number of rotatable bonds is 45. The maximum atomic E-state index is 12.7. The second kappa shape index (κ2) is 46.0. The van der Waals surface area contributed by atoms with E-state index in [1.54, 1.807) is 0 Å². The summed E-state index contributed by atoms with van der Waals surface area (Å²) in [5.74, 6) is -0.387. The van der Waals surface area contributed by atoms with Crippen molar-refractivity contribution in [3.63, 3.8) is 0 Å². The lowest BCUT2D eigenvalue weighted by Crippen LogP contribution is -2.30. The molecular weight excluding hydrogens is 669 g/mol. The predicted octanol–water partition coefficient (Wildman–Crippen LogP) is 15.9. The Kier molecular flexibility index (Phi) is 44.9. The van der Waals surface area contributed by atoms with Crippen LogP contribution in [0.4, 0.5) is 0 Å². The minimum atomic E-state index is -0.523. The minimum absolute atomic E-state index is 0.0919. The van der Waals surface area contributed by atoms with Crippen LogP contribution in [0.5, 0.6) is 0 Å². The first-order valence-electron chi connectivity index (χ1n) is 24.2. The molecule has 0 fully saturated rings. The lowest BCUT2D eigenvalue weighted by Gasteiger charge is -2.18. The zero-order valence-corrected chi connectivity index (χ0v) is 36.8. The molecule has 0 heterocycles. The first-order chi connectivity index (χ1) is 26.6. The molecule has 0 aliphatic rings. The molecule has 1 atom stereocenters. The highest BCUT2D eigenvalue weighted by Crippen LogP contribution is 2.15. The molecule has 0 saturated heterocycles. The summed E-state index contributed by atoms with van der Waals surface area (Å²) in [6.45, 7) is 7.83. The fourth-order valence-corrected chi connectivity index (χ4v) is 7.15. The molecule has 0 rings (SSSR count). The molecule has 0 spiro atoms. The SMILES string of the molecule is CCCCCCCC/C=C\CCCCCCCCCCCC(=O)OCC(COCCCCCCCC)OC(=O)CCCCCCCCCCCCCCC. The molecule has 0 aromatic heterocycles. The summed E-state index contributed by atoms with van der Waals surface area (Å²) in [6.07, 6.45) is 50.8. The maximum Gasteiger partial charge on any atom is 0.306 e. The highest BCUT2D eigenvalue weighted by Gasteiger charge is 2.17. The van der Waals surface area contributed by atoms with Crippen LogP contribution in [0.2, 0.25) is 0 Å². The van der Waals surface area contributed by atoms with Crippen LogP contribution in [0.3, 0.4) is 0 Å². The van der Waals surface area contributed by atoms with Crippen LogP contribution in [0.1, 0.15) is 265 Å². The molecule has 320 valence electrons. The largest absolute Gasteiger partial charge is 0.462 e. The lowest BCUT2D eigenvalue weighted by atomic mass is 10.0. The van der Waals surface area contributed by atoms with Gasteiger partial charge in [-0.05, 0) is 44.9 Å². The maximum absolute atomic E-state index is 12.7. The van der Waals surface area contributed by atoms with Crippen molar-refractivity contribution >= 4 is 11.9 Å². The van der Waals surface area contributed by atoms with Gasteiger partial charge in [-0.25, -0.2) is 0 Å². The summed E-state index contributed by atoms with van der Waals surface area (Å²) in [7, 11) is 0. The van der Waals surface area contributed by atoms with E-state index >= 15 is 0 Å². The van der Waals surface area contributed by atoms with Gasteiger partial charge in [0.1, 0.15) is 6.61 Å². The van der Waals surface area contributed by atoms with Gasteiger partial charge in [-0.15, -0.1) is 0 Å². The minimum Gasteiger partial charge on any atom is -0.462 e. The van der Waals surface area contributed by atoms with Crippen molar-refractivity contribution in [1.29, 1.82) is 0 Å². The van der Waals surface area contributed by atoms with E-state index in [4.69, 9.17) is 14.2 Å². The van der Waals surface area contributed by atoms with Crippen molar-refractivity contribution in [2.45, 2.75) is 271 Å². The van der Waals surface area contributed by atoms with Crippen molar-refractivity contribution in [3.8, 4) is 0 Å². The van der Waals surface area contributed by atoms with Gasteiger partial charge in [0.05, 0.1) is 6.61 Å². The van der Waals surface area contributed by atoms with Gasteiger partial charge < -0.3 is 14.2 Å². The van der Waals surface area contributed by atoms with Crippen LogP contribution in [0.25, 0.3) is 0 Å². The molecule has 0 N–H and O–H groups in total. The first-order valence-corrected chi connectivity index (χ1v) is 24.2. The molecule has 0 bridgehead atoms. The highest BCUT2D eigenvalue weighted by molar-refractivity contribution is 5.70. The van der Waals surface area contributed by atoms with E-state index in [1.165, 1.54) is 193 Å². The third-order valence-electron chi connectivity index (χ3n) is 10.8. The molecule has 0 radical (unpaired) electrons. The number of allylic oxidation sites excluding steroid dienone is 2. The third kappa shape index (κ3) is 43.4. The number of hydrogen-bond donors (Lipinski definition) is 0. The van der Waals surface area contributed by atoms with Gasteiger partial charge in [-0.3, -0.25) is 9.59 Å². The average molecular weight is 763 g/mol. The summed E-state index contributed by atoms with van der Waals surface area (Å²) in [6, 6.07) is 0.